The van der Waals surface area contributed by atoms with E-state index >= 15 is 0 Å². The summed E-state index contributed by atoms with van der Waals surface area (Å²) in [5.41, 5.74) is 0.953. The molecule has 1 aliphatic rings. The van der Waals surface area contributed by atoms with Gasteiger partial charge >= 0.3 is 5.97 Å². The topological polar surface area (TPSA) is 72.9 Å². The Labute approximate surface area is 171 Å². The van der Waals surface area contributed by atoms with Gasteiger partial charge in [-0.15, -0.1) is 0 Å². The first-order valence-corrected chi connectivity index (χ1v) is 9.54. The monoisotopic (exact) mass is 415 g/mol. The number of hydrogen-bond acceptors (Lipinski definition) is 6. The Hall–Kier alpha value is -3.13. The second-order valence-electron chi connectivity index (χ2n) is 6.17. The number of imide groups is 1. The molecule has 2 aromatic carbocycles. The molecule has 0 aliphatic carbocycles. The molecule has 3 rings (SSSR count). The number of carbonyl (C=O) groups excluding carboxylic acids is 3. The molecule has 2 aromatic rings. The summed E-state index contributed by atoms with van der Waals surface area (Å²) in [7, 11) is 1.19. The van der Waals surface area contributed by atoms with E-state index < -0.39 is 23.2 Å². The molecule has 150 valence electrons. The van der Waals surface area contributed by atoms with Crippen molar-refractivity contribution in [2.45, 2.75) is 19.6 Å². The second kappa shape index (κ2) is 8.91. The molecule has 1 heterocycles. The zero-order valence-corrected chi connectivity index (χ0v) is 16.6. The Morgan fingerprint density at radius 3 is 2.59 bits per heavy atom. The number of benzene rings is 2. The Bertz CT molecular complexity index is 991. The zero-order valence-electron chi connectivity index (χ0n) is 15.8. The molecule has 0 spiro atoms. The normalized spacial score (nSPS) is 16.2. The van der Waals surface area contributed by atoms with Crippen molar-refractivity contribution >= 4 is 35.0 Å². The average Bonchev–Trinajstić information content (AvgIpc) is 3.00. The lowest BCUT2D eigenvalue weighted by Crippen LogP contribution is -2.42. The van der Waals surface area contributed by atoms with Crippen molar-refractivity contribution in [3.63, 3.8) is 0 Å². The van der Waals surface area contributed by atoms with Crippen molar-refractivity contribution in [1.29, 1.82) is 0 Å². The minimum Gasteiger partial charge on any atom is -0.488 e. The Balaban J connectivity index is 1.82. The Morgan fingerprint density at radius 2 is 1.86 bits per heavy atom. The minimum absolute atomic E-state index is 0.0123. The first-order valence-electron chi connectivity index (χ1n) is 8.72. The lowest BCUT2D eigenvalue weighted by atomic mass is 10.1. The van der Waals surface area contributed by atoms with Crippen LogP contribution in [0, 0.1) is 5.82 Å². The van der Waals surface area contributed by atoms with Gasteiger partial charge in [-0.05, 0) is 36.9 Å². The maximum Gasteiger partial charge on any atom is 0.328 e. The SMILES string of the molecule is COC(=O)[C@H](C)N1C(=O)S/C(=C/c2ccccc2OCc2ccccc2F)C1=O. The summed E-state index contributed by atoms with van der Waals surface area (Å²) < 4.78 is 24.1. The van der Waals surface area contributed by atoms with E-state index in [2.05, 4.69) is 4.74 Å². The zero-order chi connectivity index (χ0) is 21.0. The predicted octanol–water partition coefficient (Wildman–Crippen LogP) is 4.00. The van der Waals surface area contributed by atoms with Crippen LogP contribution >= 0.6 is 11.8 Å². The molecule has 0 saturated carbocycles. The summed E-state index contributed by atoms with van der Waals surface area (Å²) in [5.74, 6) is -1.20. The minimum atomic E-state index is -1.02. The number of ether oxygens (including phenoxy) is 2. The summed E-state index contributed by atoms with van der Waals surface area (Å²) in [6.45, 7) is 1.44. The second-order valence-corrected chi connectivity index (χ2v) is 7.16. The van der Waals surface area contributed by atoms with Crippen LogP contribution in [0.25, 0.3) is 6.08 Å². The van der Waals surface area contributed by atoms with E-state index in [0.29, 0.717) is 16.9 Å². The fourth-order valence-electron chi connectivity index (χ4n) is 2.73. The first-order chi connectivity index (χ1) is 13.9. The number of thioether (sulfide) groups is 1. The Morgan fingerprint density at radius 1 is 1.17 bits per heavy atom. The molecule has 29 heavy (non-hydrogen) atoms. The number of carbonyl (C=O) groups is 3. The van der Waals surface area contributed by atoms with Gasteiger partial charge in [-0.3, -0.25) is 14.5 Å². The van der Waals surface area contributed by atoms with E-state index in [1.165, 1.54) is 26.2 Å². The molecular weight excluding hydrogens is 397 g/mol. The lowest BCUT2D eigenvalue weighted by Gasteiger charge is -2.18. The summed E-state index contributed by atoms with van der Waals surface area (Å²) in [4.78, 5) is 37.6. The number of para-hydroxylation sites is 1. The summed E-state index contributed by atoms with van der Waals surface area (Å²) in [6, 6.07) is 12.2. The third-order valence-corrected chi connectivity index (χ3v) is 5.18. The molecule has 6 nitrogen and oxygen atoms in total. The van der Waals surface area contributed by atoms with E-state index in [1.54, 1.807) is 42.5 Å². The third kappa shape index (κ3) is 4.48. The number of methoxy groups -OCH3 is 1. The van der Waals surface area contributed by atoms with Crippen molar-refractivity contribution < 1.29 is 28.2 Å². The average molecular weight is 415 g/mol. The van der Waals surface area contributed by atoms with Crippen LogP contribution in [0.3, 0.4) is 0 Å². The van der Waals surface area contributed by atoms with E-state index in [-0.39, 0.29) is 17.3 Å². The molecule has 0 aromatic heterocycles. The van der Waals surface area contributed by atoms with Gasteiger partial charge < -0.3 is 9.47 Å². The van der Waals surface area contributed by atoms with Crippen molar-refractivity contribution in [1.82, 2.24) is 4.90 Å². The maximum atomic E-state index is 13.8. The largest absolute Gasteiger partial charge is 0.488 e. The molecule has 0 N–H and O–H groups in total. The van der Waals surface area contributed by atoms with Gasteiger partial charge in [0.15, 0.2) is 0 Å². The van der Waals surface area contributed by atoms with E-state index in [9.17, 15) is 18.8 Å². The van der Waals surface area contributed by atoms with Gasteiger partial charge in [-0.2, -0.15) is 0 Å². The van der Waals surface area contributed by atoms with Gasteiger partial charge in [0.05, 0.1) is 12.0 Å². The van der Waals surface area contributed by atoms with Gasteiger partial charge in [-0.1, -0.05) is 36.4 Å². The van der Waals surface area contributed by atoms with Crippen LogP contribution in [0.5, 0.6) is 5.75 Å². The Kier molecular flexibility index (Phi) is 6.33. The van der Waals surface area contributed by atoms with Gasteiger partial charge in [0.2, 0.25) is 0 Å². The smallest absolute Gasteiger partial charge is 0.328 e. The molecule has 0 unspecified atom stereocenters. The molecule has 8 heteroatoms. The number of hydrogen-bond donors (Lipinski definition) is 0. The highest BCUT2D eigenvalue weighted by atomic mass is 32.2. The molecule has 1 atom stereocenters. The van der Waals surface area contributed by atoms with Crippen LogP contribution in [0.4, 0.5) is 9.18 Å². The molecule has 1 aliphatic heterocycles. The van der Waals surface area contributed by atoms with Gasteiger partial charge in [0, 0.05) is 11.1 Å². The summed E-state index contributed by atoms with van der Waals surface area (Å²) in [5, 5.41) is -0.552. The highest BCUT2D eigenvalue weighted by molar-refractivity contribution is 8.18. The lowest BCUT2D eigenvalue weighted by molar-refractivity contribution is -0.148. The van der Waals surface area contributed by atoms with Crippen LogP contribution in [-0.2, 0) is 20.9 Å². The summed E-state index contributed by atoms with van der Waals surface area (Å²) in [6.07, 6.45) is 1.52. The first kappa shape index (κ1) is 20.6. The van der Waals surface area contributed by atoms with E-state index in [0.717, 1.165) is 16.7 Å². The maximum absolute atomic E-state index is 13.8. The molecule has 1 saturated heterocycles. The molecular formula is C21H18FNO5S. The fraction of sp³-hybridized carbons (Fsp3) is 0.190. The van der Waals surface area contributed by atoms with E-state index in [1.807, 2.05) is 0 Å². The number of amides is 2. The van der Waals surface area contributed by atoms with Crippen molar-refractivity contribution in [2.75, 3.05) is 7.11 Å². The third-order valence-electron chi connectivity index (χ3n) is 4.30. The van der Waals surface area contributed by atoms with Crippen LogP contribution in [0.2, 0.25) is 0 Å². The summed E-state index contributed by atoms with van der Waals surface area (Å²) >= 11 is 0.734. The van der Waals surface area contributed by atoms with E-state index in [4.69, 9.17) is 4.74 Å². The standard InChI is InChI=1S/C21H18FNO5S/c1-13(20(25)27-2)23-19(24)18(29-21(23)26)11-14-7-4-6-10-17(14)28-12-15-8-3-5-9-16(15)22/h3-11,13H,12H2,1-2H3/b18-11+/t13-/m0/s1. The number of esters is 1. The van der Waals surface area contributed by atoms with Crippen molar-refractivity contribution in [3.05, 3.63) is 70.4 Å². The number of nitrogens with zero attached hydrogens (tertiary/aromatic N) is 1. The van der Waals surface area contributed by atoms with Crippen LogP contribution in [0.15, 0.2) is 53.4 Å². The van der Waals surface area contributed by atoms with Crippen LogP contribution in [0.1, 0.15) is 18.1 Å². The molecule has 1 fully saturated rings. The number of halogens is 1. The molecule has 2 amide bonds. The quantitative estimate of drug-likeness (QED) is 0.525. The van der Waals surface area contributed by atoms with Gasteiger partial charge in [-0.25, -0.2) is 9.18 Å². The fourth-order valence-corrected chi connectivity index (χ4v) is 3.63. The van der Waals surface area contributed by atoms with Gasteiger partial charge in [0.25, 0.3) is 11.1 Å². The highest BCUT2D eigenvalue weighted by Crippen LogP contribution is 2.35. The van der Waals surface area contributed by atoms with Gasteiger partial charge in [0.1, 0.15) is 24.2 Å². The van der Waals surface area contributed by atoms with Crippen LogP contribution < -0.4 is 4.74 Å². The van der Waals surface area contributed by atoms with Crippen molar-refractivity contribution in [2.24, 2.45) is 0 Å². The predicted molar refractivity (Wildman–Crippen MR) is 106 cm³/mol. The molecule has 0 bridgehead atoms. The number of rotatable bonds is 6. The van der Waals surface area contributed by atoms with Crippen molar-refractivity contribution in [3.8, 4) is 5.75 Å². The highest BCUT2D eigenvalue weighted by Gasteiger charge is 2.41. The van der Waals surface area contributed by atoms with Crippen LogP contribution in [-0.4, -0.2) is 35.2 Å². The molecule has 0 radical (unpaired) electrons.